The highest BCUT2D eigenvalue weighted by atomic mass is 32.2. The lowest BCUT2D eigenvalue weighted by Crippen LogP contribution is -2.27. The summed E-state index contributed by atoms with van der Waals surface area (Å²) in [5.74, 6) is -0.0592. The van der Waals surface area contributed by atoms with Crippen LogP contribution in [0.5, 0.6) is 0 Å². The summed E-state index contributed by atoms with van der Waals surface area (Å²) >= 11 is 6.62. The Morgan fingerprint density at radius 2 is 2.21 bits per heavy atom. The number of aromatic nitrogens is 2. The molecule has 0 unspecified atom stereocenters. The molecule has 1 amide bonds. The average molecular weight is 355 g/mol. The van der Waals surface area contributed by atoms with Crippen LogP contribution in [0.25, 0.3) is 11.8 Å². The van der Waals surface area contributed by atoms with E-state index in [2.05, 4.69) is 22.2 Å². The summed E-state index contributed by atoms with van der Waals surface area (Å²) in [6.45, 7) is 8.19. The van der Waals surface area contributed by atoms with Gasteiger partial charge in [-0.25, -0.2) is 0 Å². The maximum atomic E-state index is 12.5. The zero-order valence-corrected chi connectivity index (χ0v) is 15.2. The van der Waals surface area contributed by atoms with Gasteiger partial charge in [0, 0.05) is 24.1 Å². The van der Waals surface area contributed by atoms with Crippen LogP contribution in [-0.4, -0.2) is 31.2 Å². The number of thiocarbonyl (C=S) groups is 1. The minimum atomic E-state index is -0.0592. The van der Waals surface area contributed by atoms with Crippen molar-refractivity contribution in [3.63, 3.8) is 0 Å². The van der Waals surface area contributed by atoms with E-state index in [0.29, 0.717) is 15.8 Å². The number of aryl methyl sites for hydroxylation is 1. The highest BCUT2D eigenvalue weighted by Gasteiger charge is 2.31. The molecule has 1 aliphatic heterocycles. The first-order chi connectivity index (χ1) is 11.5. The predicted octanol–water partition coefficient (Wildman–Crippen LogP) is 3.88. The number of amides is 1. The summed E-state index contributed by atoms with van der Waals surface area (Å²) in [5, 5.41) is 0. The van der Waals surface area contributed by atoms with E-state index in [-0.39, 0.29) is 5.91 Å². The minimum absolute atomic E-state index is 0.0592. The summed E-state index contributed by atoms with van der Waals surface area (Å²) in [6.07, 6.45) is 7.18. The van der Waals surface area contributed by atoms with Crippen molar-refractivity contribution >= 4 is 40.3 Å². The fraction of sp³-hybridized carbons (Fsp3) is 0.167. The van der Waals surface area contributed by atoms with Gasteiger partial charge in [0.2, 0.25) is 0 Å². The van der Waals surface area contributed by atoms with Crippen LogP contribution in [0, 0.1) is 13.8 Å². The Bertz CT molecular complexity index is 853. The number of thioether (sulfide) groups is 1. The molecule has 122 valence electrons. The molecule has 24 heavy (non-hydrogen) atoms. The quantitative estimate of drug-likeness (QED) is 0.474. The zero-order chi connectivity index (χ0) is 17.3. The van der Waals surface area contributed by atoms with Crippen LogP contribution in [0.3, 0.4) is 0 Å². The number of hydrogen-bond donors (Lipinski definition) is 0. The molecule has 1 saturated heterocycles. The van der Waals surface area contributed by atoms with Gasteiger partial charge in [-0.3, -0.25) is 14.7 Å². The summed E-state index contributed by atoms with van der Waals surface area (Å²) in [7, 11) is 0. The van der Waals surface area contributed by atoms with Gasteiger partial charge in [0.05, 0.1) is 16.8 Å². The van der Waals surface area contributed by atoms with E-state index < -0.39 is 0 Å². The Morgan fingerprint density at radius 1 is 1.42 bits per heavy atom. The van der Waals surface area contributed by atoms with E-state index in [1.54, 1.807) is 17.2 Å². The Labute approximate surface area is 150 Å². The molecular weight excluding hydrogens is 338 g/mol. The lowest BCUT2D eigenvalue weighted by molar-refractivity contribution is -0.121. The van der Waals surface area contributed by atoms with Crippen LogP contribution in [0.1, 0.15) is 17.0 Å². The van der Waals surface area contributed by atoms with Gasteiger partial charge in [0.1, 0.15) is 4.32 Å². The zero-order valence-electron chi connectivity index (χ0n) is 13.5. The van der Waals surface area contributed by atoms with Crippen molar-refractivity contribution in [1.29, 1.82) is 0 Å². The van der Waals surface area contributed by atoms with Crippen molar-refractivity contribution in [2.45, 2.75) is 13.8 Å². The number of rotatable bonds is 4. The maximum Gasteiger partial charge on any atom is 0.266 e. The normalized spacial score (nSPS) is 16.2. The van der Waals surface area contributed by atoms with Gasteiger partial charge < -0.3 is 4.57 Å². The Hall–Kier alpha value is -2.18. The third-order valence-corrected chi connectivity index (χ3v) is 5.22. The van der Waals surface area contributed by atoms with Gasteiger partial charge >= 0.3 is 0 Å². The van der Waals surface area contributed by atoms with Gasteiger partial charge in [0.15, 0.2) is 0 Å². The van der Waals surface area contributed by atoms with Gasteiger partial charge in [0.25, 0.3) is 5.91 Å². The average Bonchev–Trinajstić information content (AvgIpc) is 2.99. The highest BCUT2D eigenvalue weighted by Crippen LogP contribution is 2.33. The standard InChI is InChI=1S/C18H17N3OS2/c1-4-8-20-17(22)16(24-18(20)23)10-14-9-12(2)21(13(14)3)15-6-5-7-19-11-15/h4-7,9-11H,1,8H2,2-3H3. The molecule has 4 nitrogen and oxygen atoms in total. The third-order valence-electron chi connectivity index (χ3n) is 3.85. The molecule has 0 atom stereocenters. The molecule has 3 rings (SSSR count). The van der Waals surface area contributed by atoms with E-state index in [4.69, 9.17) is 12.2 Å². The van der Waals surface area contributed by atoms with Crippen molar-refractivity contribution in [3.05, 3.63) is 65.1 Å². The molecule has 2 aromatic heterocycles. The molecule has 0 aliphatic carbocycles. The lowest BCUT2D eigenvalue weighted by atomic mass is 10.2. The predicted molar refractivity (Wildman–Crippen MR) is 103 cm³/mol. The molecule has 0 N–H and O–H groups in total. The monoisotopic (exact) mass is 355 g/mol. The second-order valence-electron chi connectivity index (χ2n) is 5.45. The van der Waals surface area contributed by atoms with Crippen LogP contribution in [-0.2, 0) is 4.79 Å². The Morgan fingerprint density at radius 3 is 2.88 bits per heavy atom. The van der Waals surface area contributed by atoms with E-state index in [9.17, 15) is 4.79 Å². The fourth-order valence-corrected chi connectivity index (χ4v) is 4.01. The molecule has 0 radical (unpaired) electrons. The summed E-state index contributed by atoms with van der Waals surface area (Å²) in [4.78, 5) is 18.9. The van der Waals surface area contributed by atoms with Crippen molar-refractivity contribution in [3.8, 4) is 5.69 Å². The molecule has 0 saturated carbocycles. The molecule has 3 heterocycles. The van der Waals surface area contributed by atoms with E-state index in [1.165, 1.54) is 11.8 Å². The van der Waals surface area contributed by atoms with Crippen LogP contribution < -0.4 is 0 Å². The third kappa shape index (κ3) is 2.95. The maximum absolute atomic E-state index is 12.5. The number of hydrogen-bond acceptors (Lipinski definition) is 4. The molecule has 2 aromatic rings. The number of pyridine rings is 1. The fourth-order valence-electron chi connectivity index (χ4n) is 2.74. The van der Waals surface area contributed by atoms with E-state index in [1.807, 2.05) is 38.3 Å². The Balaban J connectivity index is 1.99. The summed E-state index contributed by atoms with van der Waals surface area (Å²) in [6, 6.07) is 6.00. The molecule has 0 spiro atoms. The van der Waals surface area contributed by atoms with Crippen LogP contribution >= 0.6 is 24.0 Å². The topological polar surface area (TPSA) is 38.1 Å². The summed E-state index contributed by atoms with van der Waals surface area (Å²) < 4.78 is 2.70. The molecule has 0 aromatic carbocycles. The molecular formula is C18H17N3OS2. The second kappa shape index (κ2) is 6.75. The van der Waals surface area contributed by atoms with Crippen molar-refractivity contribution in [1.82, 2.24) is 14.5 Å². The van der Waals surface area contributed by atoms with Crippen molar-refractivity contribution in [2.24, 2.45) is 0 Å². The van der Waals surface area contributed by atoms with Crippen LogP contribution in [0.2, 0.25) is 0 Å². The number of nitrogens with zero attached hydrogens (tertiary/aromatic N) is 3. The van der Waals surface area contributed by atoms with Gasteiger partial charge in [-0.15, -0.1) is 6.58 Å². The molecule has 6 heteroatoms. The first-order valence-corrected chi connectivity index (χ1v) is 8.71. The van der Waals surface area contributed by atoms with E-state index in [0.717, 1.165) is 22.6 Å². The Kier molecular flexibility index (Phi) is 4.69. The van der Waals surface area contributed by atoms with Crippen LogP contribution in [0.4, 0.5) is 0 Å². The molecule has 0 bridgehead atoms. The molecule has 1 fully saturated rings. The van der Waals surface area contributed by atoms with Crippen LogP contribution in [0.15, 0.2) is 48.2 Å². The minimum Gasteiger partial charge on any atom is -0.316 e. The number of carbonyl (C=O) groups excluding carboxylic acids is 1. The van der Waals surface area contributed by atoms with Gasteiger partial charge in [-0.05, 0) is 43.7 Å². The van der Waals surface area contributed by atoms with Crippen molar-refractivity contribution < 1.29 is 4.79 Å². The summed E-state index contributed by atoms with van der Waals surface area (Å²) in [5.41, 5.74) is 4.17. The highest BCUT2D eigenvalue weighted by molar-refractivity contribution is 8.26. The van der Waals surface area contributed by atoms with E-state index >= 15 is 0 Å². The lowest BCUT2D eigenvalue weighted by Gasteiger charge is -2.10. The second-order valence-corrected chi connectivity index (χ2v) is 7.13. The first-order valence-electron chi connectivity index (χ1n) is 7.48. The number of carbonyl (C=O) groups is 1. The molecule has 1 aliphatic rings. The smallest absolute Gasteiger partial charge is 0.266 e. The van der Waals surface area contributed by atoms with Gasteiger partial charge in [-0.2, -0.15) is 0 Å². The largest absolute Gasteiger partial charge is 0.316 e. The van der Waals surface area contributed by atoms with Gasteiger partial charge in [-0.1, -0.05) is 30.1 Å². The SMILES string of the molecule is C=CCN1C(=O)C(=Cc2cc(C)n(-c3cccnc3)c2C)SC1=S. The van der Waals surface area contributed by atoms with Crippen molar-refractivity contribution in [2.75, 3.05) is 6.54 Å². The first kappa shape index (κ1) is 16.7.